The van der Waals surface area contributed by atoms with E-state index >= 15 is 0 Å². The first-order valence-corrected chi connectivity index (χ1v) is 3.91. The van der Waals surface area contributed by atoms with Crippen LogP contribution in [0.2, 0.25) is 0 Å². The van der Waals surface area contributed by atoms with Crippen LogP contribution in [0.3, 0.4) is 0 Å². The quantitative estimate of drug-likeness (QED) is 0.663. The molecule has 0 unspecified atom stereocenters. The first-order chi connectivity index (χ1) is 6.07. The summed E-state index contributed by atoms with van der Waals surface area (Å²) in [4.78, 5) is 3.52. The Hall–Kier alpha value is -1.04. The third-order valence-corrected chi connectivity index (χ3v) is 1.96. The van der Waals surface area contributed by atoms with E-state index in [1.807, 2.05) is 0 Å². The van der Waals surface area contributed by atoms with Gasteiger partial charge in [0.25, 0.3) is 0 Å². The van der Waals surface area contributed by atoms with Gasteiger partial charge in [0.05, 0.1) is 6.67 Å². The zero-order valence-corrected chi connectivity index (χ0v) is 6.73. The van der Waals surface area contributed by atoms with Crippen LogP contribution < -0.4 is 5.32 Å². The average Bonchev–Trinajstić information content (AvgIpc) is 2.45. The third kappa shape index (κ3) is 1.53. The maximum atomic E-state index is 12.2. The summed E-state index contributed by atoms with van der Waals surface area (Å²) in [6.45, 7) is 1.10. The van der Waals surface area contributed by atoms with Crippen LogP contribution in [-0.2, 0) is 19.3 Å². The van der Waals surface area contributed by atoms with Gasteiger partial charge < -0.3 is 4.57 Å². The molecule has 2 rings (SSSR count). The van der Waals surface area contributed by atoms with Gasteiger partial charge in [0.15, 0.2) is 5.69 Å². The minimum absolute atomic E-state index is 0.415. The van der Waals surface area contributed by atoms with Crippen molar-refractivity contribution in [2.45, 2.75) is 19.3 Å². The molecule has 2 heterocycles. The van der Waals surface area contributed by atoms with Crippen molar-refractivity contribution < 1.29 is 13.2 Å². The Kier molecular flexibility index (Phi) is 1.80. The predicted molar refractivity (Wildman–Crippen MR) is 38.9 cm³/mol. The molecule has 0 aromatic carbocycles. The van der Waals surface area contributed by atoms with Gasteiger partial charge in [0, 0.05) is 19.2 Å². The lowest BCUT2D eigenvalue weighted by Gasteiger charge is -2.13. The molecule has 0 spiro atoms. The minimum Gasteiger partial charge on any atom is -0.321 e. The number of rotatable bonds is 0. The Bertz CT molecular complexity index is 292. The van der Waals surface area contributed by atoms with E-state index in [4.69, 9.17) is 0 Å². The minimum atomic E-state index is -4.33. The number of imidazole rings is 1. The van der Waals surface area contributed by atoms with Crippen molar-refractivity contribution in [2.75, 3.05) is 6.54 Å². The van der Waals surface area contributed by atoms with Crippen molar-refractivity contribution in [2.24, 2.45) is 0 Å². The number of nitrogens with zero attached hydrogens (tertiary/aromatic N) is 2. The van der Waals surface area contributed by atoms with Gasteiger partial charge in [-0.1, -0.05) is 0 Å². The molecule has 13 heavy (non-hydrogen) atoms. The summed E-state index contributed by atoms with van der Waals surface area (Å²) in [5, 5.41) is 2.96. The summed E-state index contributed by atoms with van der Waals surface area (Å²) in [6, 6.07) is 0. The number of alkyl halides is 3. The van der Waals surface area contributed by atoms with E-state index in [2.05, 4.69) is 10.3 Å². The lowest BCUT2D eigenvalue weighted by Crippen LogP contribution is -2.28. The lowest BCUT2D eigenvalue weighted by atomic mass is 10.3. The predicted octanol–water partition coefficient (Wildman–Crippen LogP) is 1.01. The van der Waals surface area contributed by atoms with Gasteiger partial charge in [0.2, 0.25) is 0 Å². The average molecular weight is 191 g/mol. The summed E-state index contributed by atoms with van der Waals surface area (Å²) in [6.07, 6.45) is -2.73. The van der Waals surface area contributed by atoms with Crippen molar-refractivity contribution in [3.8, 4) is 0 Å². The summed E-state index contributed by atoms with van der Waals surface area (Å²) in [7, 11) is 0. The Morgan fingerprint density at radius 3 is 2.85 bits per heavy atom. The van der Waals surface area contributed by atoms with Crippen LogP contribution in [0.5, 0.6) is 0 Å². The van der Waals surface area contributed by atoms with E-state index in [1.54, 1.807) is 0 Å². The molecule has 1 aromatic rings. The maximum Gasteiger partial charge on any atom is 0.434 e. The normalized spacial score (nSPS) is 17.2. The highest BCUT2D eigenvalue weighted by Crippen LogP contribution is 2.28. The monoisotopic (exact) mass is 191 g/mol. The fraction of sp³-hybridized carbons (Fsp3) is 0.571. The molecule has 0 fully saturated rings. The summed E-state index contributed by atoms with van der Waals surface area (Å²) in [5.74, 6) is 0.506. The number of hydrogen-bond donors (Lipinski definition) is 1. The largest absolute Gasteiger partial charge is 0.434 e. The second kappa shape index (κ2) is 2.73. The first kappa shape index (κ1) is 8.55. The highest BCUT2D eigenvalue weighted by Gasteiger charge is 2.34. The molecule has 0 radical (unpaired) electrons. The van der Waals surface area contributed by atoms with Crippen LogP contribution in [0.1, 0.15) is 11.5 Å². The molecule has 0 bridgehead atoms. The van der Waals surface area contributed by atoms with Gasteiger partial charge in [-0.15, -0.1) is 0 Å². The summed E-state index contributed by atoms with van der Waals surface area (Å²) in [5.41, 5.74) is -0.800. The van der Waals surface area contributed by atoms with E-state index in [-0.39, 0.29) is 0 Å². The maximum absolute atomic E-state index is 12.2. The van der Waals surface area contributed by atoms with Crippen molar-refractivity contribution >= 4 is 0 Å². The smallest absolute Gasteiger partial charge is 0.321 e. The van der Waals surface area contributed by atoms with E-state index in [9.17, 15) is 13.2 Å². The van der Waals surface area contributed by atoms with E-state index < -0.39 is 11.9 Å². The fourth-order valence-electron chi connectivity index (χ4n) is 1.33. The van der Waals surface area contributed by atoms with Crippen LogP contribution >= 0.6 is 0 Å². The fourth-order valence-corrected chi connectivity index (χ4v) is 1.33. The molecule has 1 aliphatic heterocycles. The number of nitrogens with one attached hydrogen (secondary N) is 1. The molecule has 0 saturated heterocycles. The Morgan fingerprint density at radius 1 is 1.46 bits per heavy atom. The molecule has 1 aromatic heterocycles. The number of hydrogen-bond acceptors (Lipinski definition) is 2. The number of aromatic nitrogens is 2. The van der Waals surface area contributed by atoms with Gasteiger partial charge >= 0.3 is 6.18 Å². The highest BCUT2D eigenvalue weighted by molar-refractivity contribution is 5.09. The van der Waals surface area contributed by atoms with Crippen LogP contribution in [-0.4, -0.2) is 16.1 Å². The van der Waals surface area contributed by atoms with Crippen molar-refractivity contribution in [3.05, 3.63) is 17.7 Å². The summed E-state index contributed by atoms with van der Waals surface area (Å²) >= 11 is 0. The first-order valence-electron chi connectivity index (χ1n) is 3.91. The molecular formula is C7H8F3N3. The van der Waals surface area contributed by atoms with Crippen LogP contribution in [0.4, 0.5) is 13.2 Å². The van der Waals surface area contributed by atoms with Gasteiger partial charge in [-0.25, -0.2) is 4.98 Å². The zero-order valence-electron chi connectivity index (χ0n) is 6.73. The van der Waals surface area contributed by atoms with E-state index in [1.165, 1.54) is 4.57 Å². The molecule has 0 aliphatic carbocycles. The van der Waals surface area contributed by atoms with Crippen LogP contribution in [0.25, 0.3) is 0 Å². The second-order valence-electron chi connectivity index (χ2n) is 2.92. The zero-order chi connectivity index (χ0) is 9.47. The molecule has 72 valence electrons. The second-order valence-corrected chi connectivity index (χ2v) is 2.92. The topological polar surface area (TPSA) is 29.9 Å². The lowest BCUT2D eigenvalue weighted by molar-refractivity contribution is -0.141. The molecule has 1 N–H and O–H groups in total. The number of fused-ring (bicyclic) bond motifs is 1. The number of halogens is 3. The van der Waals surface area contributed by atoms with Crippen LogP contribution in [0, 0.1) is 0 Å². The molecule has 1 aliphatic rings. The van der Waals surface area contributed by atoms with Crippen molar-refractivity contribution in [1.82, 2.24) is 14.9 Å². The van der Waals surface area contributed by atoms with E-state index in [0.29, 0.717) is 25.5 Å². The van der Waals surface area contributed by atoms with Crippen molar-refractivity contribution in [3.63, 3.8) is 0 Å². The Morgan fingerprint density at radius 2 is 2.23 bits per heavy atom. The van der Waals surface area contributed by atoms with Gasteiger partial charge in [-0.3, -0.25) is 5.32 Å². The van der Waals surface area contributed by atoms with E-state index in [0.717, 1.165) is 6.20 Å². The van der Waals surface area contributed by atoms with Crippen molar-refractivity contribution in [1.29, 1.82) is 0 Å². The van der Waals surface area contributed by atoms with Gasteiger partial charge in [-0.2, -0.15) is 13.2 Å². The molecule has 0 amide bonds. The molecule has 6 heteroatoms. The van der Waals surface area contributed by atoms with Gasteiger partial charge in [-0.05, 0) is 0 Å². The standard InChI is InChI=1S/C7H8F3N3/c8-7(9,10)5-3-13-4-11-2-1-6(13)12-5/h3,11H,1-2,4H2. The summed E-state index contributed by atoms with van der Waals surface area (Å²) < 4.78 is 38.0. The SMILES string of the molecule is FC(F)(F)c1cn2c(n1)CCNC2. The molecular weight excluding hydrogens is 183 g/mol. The molecule has 0 atom stereocenters. The Labute approximate surface area is 72.6 Å². The van der Waals surface area contributed by atoms with Gasteiger partial charge in [0.1, 0.15) is 5.82 Å². The highest BCUT2D eigenvalue weighted by atomic mass is 19.4. The van der Waals surface area contributed by atoms with Crippen LogP contribution in [0.15, 0.2) is 6.20 Å². The molecule has 3 nitrogen and oxygen atoms in total. The third-order valence-electron chi connectivity index (χ3n) is 1.96. The molecule has 0 saturated carbocycles. The Balaban J connectivity index is 2.36.